The first-order valence-corrected chi connectivity index (χ1v) is 9.00. The van der Waals surface area contributed by atoms with Crippen LogP contribution in [0.15, 0.2) is 0 Å². The normalized spacial score (nSPS) is 11.6. The van der Waals surface area contributed by atoms with E-state index in [9.17, 15) is 14.4 Å². The zero-order valence-corrected chi connectivity index (χ0v) is 15.3. The molecule has 6 nitrogen and oxygen atoms in total. The Morgan fingerprint density at radius 1 is 0.792 bits per heavy atom. The Bertz CT molecular complexity index is 367. The first-order valence-electron chi connectivity index (χ1n) is 9.00. The van der Waals surface area contributed by atoms with Gasteiger partial charge in [-0.3, -0.25) is 9.59 Å². The Morgan fingerprint density at radius 2 is 1.33 bits per heavy atom. The average molecular weight is 344 g/mol. The third kappa shape index (κ3) is 12.9. The minimum absolute atomic E-state index is 0.267. The minimum Gasteiger partial charge on any atom is -0.466 e. The van der Waals surface area contributed by atoms with Crippen molar-refractivity contribution in [3.8, 4) is 0 Å². The van der Waals surface area contributed by atoms with Crippen molar-refractivity contribution in [3.63, 3.8) is 0 Å². The lowest BCUT2D eigenvalue weighted by Gasteiger charge is -2.15. The van der Waals surface area contributed by atoms with Crippen LogP contribution < -0.4 is 0 Å². The van der Waals surface area contributed by atoms with E-state index in [0.717, 1.165) is 51.4 Å². The number of unbranched alkanes of at least 4 members (excludes halogenated alkanes) is 6. The van der Waals surface area contributed by atoms with Gasteiger partial charge in [0.15, 0.2) is 0 Å². The summed E-state index contributed by atoms with van der Waals surface area (Å²) >= 11 is 0. The number of hydrogen-bond donors (Lipinski definition) is 0. The van der Waals surface area contributed by atoms with Crippen LogP contribution in [0.2, 0.25) is 0 Å². The summed E-state index contributed by atoms with van der Waals surface area (Å²) in [6, 6.07) is 0. The maximum atomic E-state index is 12.0. The van der Waals surface area contributed by atoms with E-state index in [4.69, 9.17) is 14.2 Å². The van der Waals surface area contributed by atoms with Crippen LogP contribution in [0, 0.1) is 0 Å². The molecule has 0 heterocycles. The second kappa shape index (κ2) is 15.0. The summed E-state index contributed by atoms with van der Waals surface area (Å²) in [5.74, 6) is -1.87. The van der Waals surface area contributed by atoms with Crippen LogP contribution in [0.3, 0.4) is 0 Å². The SMILES string of the molecule is CCCCCCOC(=O)C[C@@H](OC(C)=O)C(=O)OCCCCCC. The lowest BCUT2D eigenvalue weighted by Crippen LogP contribution is -2.31. The molecule has 1 atom stereocenters. The molecule has 0 radical (unpaired) electrons. The van der Waals surface area contributed by atoms with Crippen molar-refractivity contribution in [1.29, 1.82) is 0 Å². The lowest BCUT2D eigenvalue weighted by atomic mass is 10.2. The van der Waals surface area contributed by atoms with Crippen molar-refractivity contribution in [2.75, 3.05) is 13.2 Å². The Hall–Kier alpha value is -1.59. The molecule has 0 bridgehead atoms. The molecule has 0 aliphatic heterocycles. The average Bonchev–Trinajstić information content (AvgIpc) is 2.53. The molecule has 0 saturated carbocycles. The van der Waals surface area contributed by atoms with E-state index in [0.29, 0.717) is 6.61 Å². The number of esters is 3. The van der Waals surface area contributed by atoms with Gasteiger partial charge in [-0.15, -0.1) is 0 Å². The summed E-state index contributed by atoms with van der Waals surface area (Å²) in [5, 5.41) is 0. The van der Waals surface area contributed by atoms with Crippen molar-refractivity contribution >= 4 is 17.9 Å². The van der Waals surface area contributed by atoms with Crippen LogP contribution in [0.4, 0.5) is 0 Å². The fraction of sp³-hybridized carbons (Fsp3) is 0.833. The lowest BCUT2D eigenvalue weighted by molar-refractivity contribution is -0.171. The van der Waals surface area contributed by atoms with Gasteiger partial charge in [0, 0.05) is 6.92 Å². The highest BCUT2D eigenvalue weighted by atomic mass is 16.6. The third-order valence-electron chi connectivity index (χ3n) is 3.43. The van der Waals surface area contributed by atoms with Crippen LogP contribution >= 0.6 is 0 Å². The number of rotatable bonds is 14. The van der Waals surface area contributed by atoms with Gasteiger partial charge in [-0.2, -0.15) is 0 Å². The van der Waals surface area contributed by atoms with Crippen molar-refractivity contribution in [1.82, 2.24) is 0 Å². The molecule has 0 spiro atoms. The molecule has 140 valence electrons. The fourth-order valence-electron chi connectivity index (χ4n) is 2.09. The number of ether oxygens (including phenoxy) is 3. The maximum absolute atomic E-state index is 12.0. The highest BCUT2D eigenvalue weighted by molar-refractivity contribution is 5.84. The van der Waals surface area contributed by atoms with Crippen molar-refractivity contribution in [2.45, 2.75) is 84.7 Å². The van der Waals surface area contributed by atoms with E-state index in [2.05, 4.69) is 13.8 Å². The molecule has 0 saturated heterocycles. The Labute approximate surface area is 145 Å². The van der Waals surface area contributed by atoms with Gasteiger partial charge in [0.05, 0.1) is 19.6 Å². The molecule has 0 aliphatic carbocycles. The molecule has 0 fully saturated rings. The molecule has 0 aromatic rings. The summed E-state index contributed by atoms with van der Waals surface area (Å²) < 4.78 is 15.0. The van der Waals surface area contributed by atoms with Crippen molar-refractivity contribution in [2.24, 2.45) is 0 Å². The van der Waals surface area contributed by atoms with Crippen LogP contribution in [-0.4, -0.2) is 37.2 Å². The van der Waals surface area contributed by atoms with Crippen molar-refractivity contribution < 1.29 is 28.6 Å². The minimum atomic E-state index is -1.23. The molecule has 0 rings (SSSR count). The summed E-state index contributed by atoms with van der Waals surface area (Å²) in [6.45, 7) is 5.97. The van der Waals surface area contributed by atoms with Crippen LogP contribution in [0.25, 0.3) is 0 Å². The van der Waals surface area contributed by atoms with Gasteiger partial charge in [-0.05, 0) is 12.8 Å². The highest BCUT2D eigenvalue weighted by Gasteiger charge is 2.27. The number of carbonyl (C=O) groups is 3. The molecule has 0 aromatic heterocycles. The highest BCUT2D eigenvalue weighted by Crippen LogP contribution is 2.07. The fourth-order valence-corrected chi connectivity index (χ4v) is 2.09. The number of hydrogen-bond acceptors (Lipinski definition) is 6. The van der Waals surface area contributed by atoms with E-state index < -0.39 is 24.0 Å². The molecular weight excluding hydrogens is 312 g/mol. The first-order chi connectivity index (χ1) is 11.5. The van der Waals surface area contributed by atoms with Gasteiger partial charge < -0.3 is 14.2 Å². The van der Waals surface area contributed by atoms with Crippen LogP contribution in [0.5, 0.6) is 0 Å². The first kappa shape index (κ1) is 22.4. The third-order valence-corrected chi connectivity index (χ3v) is 3.43. The predicted octanol–water partition coefficient (Wildman–Crippen LogP) is 3.56. The number of carbonyl (C=O) groups excluding carboxylic acids is 3. The van der Waals surface area contributed by atoms with Gasteiger partial charge in [-0.25, -0.2) is 4.79 Å². The quantitative estimate of drug-likeness (QED) is 0.272. The summed E-state index contributed by atoms with van der Waals surface area (Å²) in [7, 11) is 0. The second-order valence-electron chi connectivity index (χ2n) is 5.81. The zero-order chi connectivity index (χ0) is 18.2. The van der Waals surface area contributed by atoms with E-state index in [1.54, 1.807) is 0 Å². The van der Waals surface area contributed by atoms with Gasteiger partial charge in [0.1, 0.15) is 0 Å². The molecule has 0 N–H and O–H groups in total. The smallest absolute Gasteiger partial charge is 0.348 e. The maximum Gasteiger partial charge on any atom is 0.348 e. The summed E-state index contributed by atoms with van der Waals surface area (Å²) in [6.07, 6.45) is 6.36. The van der Waals surface area contributed by atoms with E-state index in [1.165, 1.54) is 6.92 Å². The van der Waals surface area contributed by atoms with Gasteiger partial charge >= 0.3 is 17.9 Å². The van der Waals surface area contributed by atoms with E-state index in [-0.39, 0.29) is 13.0 Å². The Balaban J connectivity index is 4.16. The molecular formula is C18H32O6. The molecule has 0 unspecified atom stereocenters. The predicted molar refractivity (Wildman–Crippen MR) is 90.4 cm³/mol. The molecule has 24 heavy (non-hydrogen) atoms. The van der Waals surface area contributed by atoms with Crippen molar-refractivity contribution in [3.05, 3.63) is 0 Å². The largest absolute Gasteiger partial charge is 0.466 e. The van der Waals surface area contributed by atoms with Gasteiger partial charge in [-0.1, -0.05) is 52.4 Å². The van der Waals surface area contributed by atoms with Gasteiger partial charge in [0.2, 0.25) is 6.10 Å². The molecule has 0 aliphatic rings. The Morgan fingerprint density at radius 3 is 1.83 bits per heavy atom. The zero-order valence-electron chi connectivity index (χ0n) is 15.3. The molecule has 0 amide bonds. The van der Waals surface area contributed by atoms with E-state index in [1.807, 2.05) is 0 Å². The second-order valence-corrected chi connectivity index (χ2v) is 5.81. The van der Waals surface area contributed by atoms with Gasteiger partial charge in [0.25, 0.3) is 0 Å². The molecule has 6 heteroatoms. The standard InChI is InChI=1S/C18H32O6/c1-4-6-8-10-12-22-17(20)14-16(24-15(3)19)18(21)23-13-11-9-7-5-2/h16H,4-14H2,1-3H3/t16-/m1/s1. The Kier molecular flexibility index (Phi) is 14.0. The van der Waals surface area contributed by atoms with Crippen LogP contribution in [0.1, 0.15) is 78.6 Å². The molecule has 0 aromatic carbocycles. The summed E-state index contributed by atoms with van der Waals surface area (Å²) in [4.78, 5) is 34.8. The topological polar surface area (TPSA) is 78.9 Å². The summed E-state index contributed by atoms with van der Waals surface area (Å²) in [5.41, 5.74) is 0. The van der Waals surface area contributed by atoms with E-state index >= 15 is 0 Å². The monoisotopic (exact) mass is 344 g/mol. The van der Waals surface area contributed by atoms with Crippen LogP contribution in [-0.2, 0) is 28.6 Å².